The lowest BCUT2D eigenvalue weighted by atomic mass is 10.1. The fourth-order valence-electron chi connectivity index (χ4n) is 3.97. The van der Waals surface area contributed by atoms with E-state index in [1.165, 1.54) is 4.68 Å². The molecule has 33 heavy (non-hydrogen) atoms. The Morgan fingerprint density at radius 2 is 1.52 bits per heavy atom. The number of quaternary nitrogens is 1. The number of benzene rings is 3. The van der Waals surface area contributed by atoms with Gasteiger partial charge in [-0.15, -0.1) is 0 Å². The molecular formula is C26H24ClN4O2+. The molecular weight excluding hydrogens is 436 g/mol. The highest BCUT2D eigenvalue weighted by atomic mass is 35.5. The number of anilines is 1. The van der Waals surface area contributed by atoms with Crippen molar-refractivity contribution in [2.24, 2.45) is 0 Å². The Labute approximate surface area is 197 Å². The minimum absolute atomic E-state index is 0.273. The summed E-state index contributed by atoms with van der Waals surface area (Å²) in [6.07, 6.45) is 1.72. The lowest BCUT2D eigenvalue weighted by molar-refractivity contribution is -0.655. The molecule has 1 saturated heterocycles. The first-order chi connectivity index (χ1) is 16.2. The summed E-state index contributed by atoms with van der Waals surface area (Å²) in [7, 11) is 0. The van der Waals surface area contributed by atoms with E-state index in [0.29, 0.717) is 22.1 Å². The molecule has 0 bridgehead atoms. The molecule has 0 amide bonds. The fourth-order valence-corrected chi connectivity index (χ4v) is 4.10. The number of piperazine rings is 1. The molecule has 0 spiro atoms. The smallest absolute Gasteiger partial charge is 0.316 e. The lowest BCUT2D eigenvalue weighted by Gasteiger charge is -2.28. The third-order valence-corrected chi connectivity index (χ3v) is 5.97. The second-order valence-corrected chi connectivity index (χ2v) is 8.33. The first-order valence-corrected chi connectivity index (χ1v) is 11.3. The van der Waals surface area contributed by atoms with Crippen molar-refractivity contribution in [3.8, 4) is 28.3 Å². The lowest BCUT2D eigenvalue weighted by Crippen LogP contribution is -2.89. The molecule has 4 aromatic rings. The van der Waals surface area contributed by atoms with E-state index >= 15 is 0 Å². The summed E-state index contributed by atoms with van der Waals surface area (Å²) < 4.78 is 7.57. The van der Waals surface area contributed by atoms with E-state index in [9.17, 15) is 4.79 Å². The molecule has 1 fully saturated rings. The van der Waals surface area contributed by atoms with Crippen LogP contribution >= 0.6 is 11.6 Å². The molecule has 1 aliphatic heterocycles. The molecule has 1 aromatic heterocycles. The summed E-state index contributed by atoms with van der Waals surface area (Å²) in [4.78, 5) is 15.7. The molecule has 6 nitrogen and oxygen atoms in total. The number of hydrogen-bond acceptors (Lipinski definition) is 4. The van der Waals surface area contributed by atoms with Crippen molar-refractivity contribution in [1.82, 2.24) is 9.78 Å². The Morgan fingerprint density at radius 3 is 2.21 bits per heavy atom. The summed E-state index contributed by atoms with van der Waals surface area (Å²) in [6, 6.07) is 24.9. The van der Waals surface area contributed by atoms with Gasteiger partial charge < -0.3 is 15.0 Å². The van der Waals surface area contributed by atoms with Crippen molar-refractivity contribution in [2.45, 2.75) is 0 Å². The van der Waals surface area contributed by atoms with Crippen molar-refractivity contribution >= 4 is 17.3 Å². The predicted molar refractivity (Wildman–Crippen MR) is 131 cm³/mol. The summed E-state index contributed by atoms with van der Waals surface area (Å²) in [5, 5.41) is 7.30. The molecule has 3 aromatic carbocycles. The number of nitrogens with zero attached hydrogens (tertiary/aromatic N) is 3. The van der Waals surface area contributed by atoms with E-state index in [0.717, 1.165) is 37.3 Å². The van der Waals surface area contributed by atoms with E-state index in [1.807, 2.05) is 42.5 Å². The summed E-state index contributed by atoms with van der Waals surface area (Å²) >= 11 is 6.02. The molecule has 2 N–H and O–H groups in total. The normalized spacial score (nSPS) is 13.7. The fraction of sp³-hybridized carbons (Fsp3) is 0.154. The highest BCUT2D eigenvalue weighted by Gasteiger charge is 2.22. The third-order valence-electron chi connectivity index (χ3n) is 5.71. The highest BCUT2D eigenvalue weighted by Crippen LogP contribution is 2.30. The number of aromatic nitrogens is 2. The molecule has 0 unspecified atom stereocenters. The average molecular weight is 460 g/mol. The van der Waals surface area contributed by atoms with Crippen LogP contribution in [0.3, 0.4) is 0 Å². The number of hydrogen-bond donors (Lipinski definition) is 1. The maximum Gasteiger partial charge on any atom is 0.316 e. The van der Waals surface area contributed by atoms with Gasteiger partial charge in [0.25, 0.3) is 0 Å². The zero-order valence-electron chi connectivity index (χ0n) is 18.0. The predicted octanol–water partition coefficient (Wildman–Crippen LogP) is 3.73. The Bertz CT molecular complexity index is 1280. The molecule has 5 rings (SSSR count). The van der Waals surface area contributed by atoms with Crippen LogP contribution in [0.2, 0.25) is 5.02 Å². The Morgan fingerprint density at radius 1 is 0.848 bits per heavy atom. The molecule has 0 saturated carbocycles. The molecule has 0 aliphatic carbocycles. The minimum atomic E-state index is -0.309. The number of nitrogens with two attached hydrogens (primary N) is 1. The van der Waals surface area contributed by atoms with Gasteiger partial charge >= 0.3 is 5.56 Å². The largest absolute Gasteiger partial charge is 0.449 e. The minimum Gasteiger partial charge on any atom is -0.449 e. The maximum atomic E-state index is 13.5. The van der Waals surface area contributed by atoms with Crippen molar-refractivity contribution in [3.63, 3.8) is 0 Å². The van der Waals surface area contributed by atoms with Crippen molar-refractivity contribution in [2.75, 3.05) is 31.1 Å². The van der Waals surface area contributed by atoms with Crippen LogP contribution in [0.5, 0.6) is 11.5 Å². The van der Waals surface area contributed by atoms with Crippen LogP contribution in [-0.2, 0) is 0 Å². The maximum absolute atomic E-state index is 13.5. The van der Waals surface area contributed by atoms with Crippen LogP contribution in [0.25, 0.3) is 16.8 Å². The molecule has 166 valence electrons. The SMILES string of the molecule is O=c1c(Oc2ccc(-c3ccccc3)cc2)c(N2CC[NH2+]CC2)cnn1-c1ccc(Cl)cc1. The second kappa shape index (κ2) is 9.48. The van der Waals surface area contributed by atoms with Crippen molar-refractivity contribution < 1.29 is 10.1 Å². The Balaban J connectivity index is 1.53. The van der Waals surface area contributed by atoms with Crippen LogP contribution in [0.4, 0.5) is 5.69 Å². The molecule has 1 aliphatic rings. The number of rotatable bonds is 5. The van der Waals surface area contributed by atoms with E-state index < -0.39 is 0 Å². The van der Waals surface area contributed by atoms with Gasteiger partial charge in [0.1, 0.15) is 11.4 Å². The molecule has 0 radical (unpaired) electrons. The van der Waals surface area contributed by atoms with Gasteiger partial charge in [-0.1, -0.05) is 54.1 Å². The van der Waals surface area contributed by atoms with Crippen LogP contribution < -0.4 is 20.5 Å². The van der Waals surface area contributed by atoms with Crippen LogP contribution in [0.15, 0.2) is 89.9 Å². The third kappa shape index (κ3) is 4.62. The number of halogens is 1. The Hall–Kier alpha value is -3.61. The topological polar surface area (TPSA) is 64.0 Å². The second-order valence-electron chi connectivity index (χ2n) is 7.90. The van der Waals surface area contributed by atoms with Gasteiger partial charge in [0.2, 0.25) is 5.75 Å². The standard InChI is InChI=1S/C26H23ClN4O2/c27-21-8-10-22(11-9-21)31-26(32)25(24(18-29-31)30-16-14-28-15-17-30)33-23-12-6-20(7-13-23)19-4-2-1-3-5-19/h1-13,18,28H,14-17H2/p+1. The van der Waals surface area contributed by atoms with Gasteiger partial charge in [-0.25, -0.2) is 0 Å². The average Bonchev–Trinajstić information content (AvgIpc) is 2.87. The van der Waals surface area contributed by atoms with Gasteiger partial charge in [-0.3, -0.25) is 4.79 Å². The monoisotopic (exact) mass is 459 g/mol. The molecule has 7 heteroatoms. The van der Waals surface area contributed by atoms with E-state index in [-0.39, 0.29) is 11.3 Å². The first-order valence-electron chi connectivity index (χ1n) is 11.0. The van der Waals surface area contributed by atoms with Gasteiger partial charge in [-0.2, -0.15) is 9.78 Å². The van der Waals surface area contributed by atoms with E-state index in [1.54, 1.807) is 30.5 Å². The highest BCUT2D eigenvalue weighted by molar-refractivity contribution is 6.30. The van der Waals surface area contributed by atoms with Gasteiger partial charge in [-0.05, 0) is 47.5 Å². The van der Waals surface area contributed by atoms with Gasteiger partial charge in [0, 0.05) is 5.02 Å². The summed E-state index contributed by atoms with van der Waals surface area (Å²) in [5.74, 6) is 0.875. The van der Waals surface area contributed by atoms with Crippen molar-refractivity contribution in [3.05, 3.63) is 100 Å². The zero-order valence-corrected chi connectivity index (χ0v) is 18.8. The first kappa shape index (κ1) is 21.2. The Kier molecular flexibility index (Phi) is 6.11. The quantitative estimate of drug-likeness (QED) is 0.494. The molecule has 0 atom stereocenters. The molecule has 2 heterocycles. The van der Waals surface area contributed by atoms with Crippen LogP contribution in [0, 0.1) is 0 Å². The summed E-state index contributed by atoms with van der Waals surface area (Å²) in [6.45, 7) is 3.59. The van der Waals surface area contributed by atoms with Gasteiger partial charge in [0.15, 0.2) is 0 Å². The van der Waals surface area contributed by atoms with Gasteiger partial charge in [0.05, 0.1) is 38.1 Å². The van der Waals surface area contributed by atoms with Crippen molar-refractivity contribution in [1.29, 1.82) is 0 Å². The van der Waals surface area contributed by atoms with E-state index in [4.69, 9.17) is 16.3 Å². The zero-order chi connectivity index (χ0) is 22.6. The number of ether oxygens (including phenoxy) is 1. The summed E-state index contributed by atoms with van der Waals surface area (Å²) in [5.41, 5.74) is 3.25. The van der Waals surface area contributed by atoms with Crippen LogP contribution in [0.1, 0.15) is 0 Å². The van der Waals surface area contributed by atoms with Crippen LogP contribution in [-0.4, -0.2) is 36.0 Å². The van der Waals surface area contributed by atoms with E-state index in [2.05, 4.69) is 27.4 Å².